The van der Waals surface area contributed by atoms with E-state index in [4.69, 9.17) is 9.15 Å². The number of aromatic nitrogens is 3. The number of carbonyl (C=O) groups is 2. The summed E-state index contributed by atoms with van der Waals surface area (Å²) in [7, 11) is 0. The molecule has 0 bridgehead atoms. The number of carbonyl (C=O) groups excluding carboxylic acids is 2. The fraction of sp³-hybridized carbons (Fsp3) is 0.400. The smallest absolute Gasteiger partial charge is 0.341 e. The Morgan fingerprint density at radius 2 is 2.10 bits per heavy atom. The first-order valence-corrected chi connectivity index (χ1v) is 11.5. The predicted molar refractivity (Wildman–Crippen MR) is 117 cm³/mol. The number of thiophene rings is 1. The Bertz CT molecular complexity index is 1020. The number of hydrogen-bond acceptors (Lipinski definition) is 8. The van der Waals surface area contributed by atoms with Crippen molar-refractivity contribution in [1.82, 2.24) is 14.8 Å². The molecule has 8 nitrogen and oxygen atoms in total. The molecule has 0 radical (unpaired) electrons. The number of ether oxygens (including phenoxy) is 1. The predicted octanol–water partition coefficient (Wildman–Crippen LogP) is 4.40. The van der Waals surface area contributed by atoms with Gasteiger partial charge in [-0.05, 0) is 44.9 Å². The van der Waals surface area contributed by atoms with Gasteiger partial charge >= 0.3 is 5.97 Å². The van der Waals surface area contributed by atoms with Crippen LogP contribution in [0.1, 0.15) is 41.6 Å². The van der Waals surface area contributed by atoms with Crippen molar-refractivity contribution >= 4 is 40.0 Å². The lowest BCUT2D eigenvalue weighted by Crippen LogP contribution is -2.17. The number of thioether (sulfide) groups is 1. The van der Waals surface area contributed by atoms with Crippen LogP contribution in [-0.2, 0) is 22.5 Å². The van der Waals surface area contributed by atoms with E-state index < -0.39 is 5.97 Å². The summed E-state index contributed by atoms with van der Waals surface area (Å²) < 4.78 is 12.5. The van der Waals surface area contributed by atoms with Gasteiger partial charge in [-0.25, -0.2) is 4.79 Å². The lowest BCUT2D eigenvalue weighted by molar-refractivity contribution is -0.113. The van der Waals surface area contributed by atoms with E-state index in [0.29, 0.717) is 33.9 Å². The van der Waals surface area contributed by atoms with E-state index in [1.54, 1.807) is 19.3 Å². The van der Waals surface area contributed by atoms with Crippen LogP contribution in [0.2, 0.25) is 0 Å². The number of nitrogens with one attached hydrogen (secondary N) is 1. The second-order valence-corrected chi connectivity index (χ2v) is 8.34. The first kappa shape index (κ1) is 22.1. The second-order valence-electron chi connectivity index (χ2n) is 6.29. The molecule has 160 valence electrons. The summed E-state index contributed by atoms with van der Waals surface area (Å²) in [4.78, 5) is 26.0. The maximum Gasteiger partial charge on any atom is 0.341 e. The fourth-order valence-electron chi connectivity index (χ4n) is 3.00. The van der Waals surface area contributed by atoms with Gasteiger partial charge in [-0.2, -0.15) is 0 Å². The van der Waals surface area contributed by atoms with Crippen molar-refractivity contribution in [2.24, 2.45) is 0 Å². The van der Waals surface area contributed by atoms with Gasteiger partial charge in [0.2, 0.25) is 5.91 Å². The normalized spacial score (nSPS) is 10.9. The molecule has 3 aromatic heterocycles. The highest BCUT2D eigenvalue weighted by molar-refractivity contribution is 7.99. The van der Waals surface area contributed by atoms with Gasteiger partial charge in [-0.3, -0.25) is 9.36 Å². The average Bonchev–Trinajstić information content (AvgIpc) is 3.44. The molecule has 0 aliphatic heterocycles. The second kappa shape index (κ2) is 9.94. The number of aryl methyl sites for hydroxylation is 1. The van der Waals surface area contributed by atoms with E-state index >= 15 is 0 Å². The van der Waals surface area contributed by atoms with Crippen molar-refractivity contribution in [1.29, 1.82) is 0 Å². The van der Waals surface area contributed by atoms with Crippen LogP contribution >= 0.6 is 23.1 Å². The molecule has 0 aromatic carbocycles. The van der Waals surface area contributed by atoms with Crippen LogP contribution in [-0.4, -0.2) is 39.0 Å². The topological polar surface area (TPSA) is 99.2 Å². The highest BCUT2D eigenvalue weighted by atomic mass is 32.2. The number of rotatable bonds is 9. The zero-order valence-corrected chi connectivity index (χ0v) is 19.0. The average molecular weight is 449 g/mol. The van der Waals surface area contributed by atoms with Crippen LogP contribution in [0.25, 0.3) is 11.6 Å². The molecule has 30 heavy (non-hydrogen) atoms. The summed E-state index contributed by atoms with van der Waals surface area (Å²) in [6.07, 6.45) is 2.36. The molecule has 1 amide bonds. The summed E-state index contributed by atoms with van der Waals surface area (Å²) in [5, 5.41) is 12.4. The minimum absolute atomic E-state index is 0.136. The highest BCUT2D eigenvalue weighted by Crippen LogP contribution is 2.34. The molecule has 3 heterocycles. The first-order chi connectivity index (χ1) is 14.5. The zero-order valence-electron chi connectivity index (χ0n) is 17.4. The third kappa shape index (κ3) is 4.59. The third-order valence-corrected chi connectivity index (χ3v) is 6.72. The van der Waals surface area contributed by atoms with Crippen LogP contribution in [0.5, 0.6) is 0 Å². The Morgan fingerprint density at radius 1 is 1.30 bits per heavy atom. The number of esters is 1. The van der Waals surface area contributed by atoms with Gasteiger partial charge in [0.25, 0.3) is 0 Å². The molecule has 3 aromatic rings. The Hall–Kier alpha value is -2.59. The minimum atomic E-state index is -0.414. The Labute approximate surface area is 183 Å². The number of anilines is 1. The van der Waals surface area contributed by atoms with E-state index in [0.717, 1.165) is 16.9 Å². The summed E-state index contributed by atoms with van der Waals surface area (Å²) in [5.41, 5.74) is 1.30. The molecule has 0 aliphatic rings. The molecule has 1 N–H and O–H groups in total. The monoisotopic (exact) mass is 448 g/mol. The lowest BCUT2D eigenvalue weighted by atomic mass is 10.1. The van der Waals surface area contributed by atoms with E-state index in [2.05, 4.69) is 15.5 Å². The molecular weight excluding hydrogens is 424 g/mol. The summed E-state index contributed by atoms with van der Waals surface area (Å²) in [6.45, 7) is 8.56. The Kier molecular flexibility index (Phi) is 7.33. The van der Waals surface area contributed by atoms with Gasteiger partial charge < -0.3 is 14.5 Å². The van der Waals surface area contributed by atoms with Crippen molar-refractivity contribution < 1.29 is 18.7 Å². The Morgan fingerprint density at radius 3 is 2.73 bits per heavy atom. The summed E-state index contributed by atoms with van der Waals surface area (Å²) >= 11 is 2.70. The molecule has 0 fully saturated rings. The first-order valence-electron chi connectivity index (χ1n) is 9.69. The van der Waals surface area contributed by atoms with E-state index in [-0.39, 0.29) is 18.3 Å². The van der Waals surface area contributed by atoms with Crippen molar-refractivity contribution in [3.63, 3.8) is 0 Å². The number of nitrogens with zero attached hydrogens (tertiary/aromatic N) is 3. The number of furan rings is 1. The maximum absolute atomic E-state index is 12.6. The van der Waals surface area contributed by atoms with Crippen LogP contribution in [0.3, 0.4) is 0 Å². The van der Waals surface area contributed by atoms with Crippen LogP contribution in [0, 0.1) is 6.92 Å². The van der Waals surface area contributed by atoms with E-state index in [9.17, 15) is 9.59 Å². The van der Waals surface area contributed by atoms with Crippen LogP contribution in [0.4, 0.5) is 5.00 Å². The molecule has 3 rings (SSSR count). The van der Waals surface area contributed by atoms with Gasteiger partial charge in [0.15, 0.2) is 16.7 Å². The van der Waals surface area contributed by atoms with Crippen LogP contribution in [0.15, 0.2) is 28.0 Å². The summed E-state index contributed by atoms with van der Waals surface area (Å²) in [6, 6.07) is 3.61. The highest BCUT2D eigenvalue weighted by Gasteiger charge is 2.23. The fourth-order valence-corrected chi connectivity index (χ4v) is 4.95. The van der Waals surface area contributed by atoms with Crippen molar-refractivity contribution in [3.8, 4) is 11.6 Å². The molecule has 0 saturated heterocycles. The molecule has 0 saturated carbocycles. The van der Waals surface area contributed by atoms with Gasteiger partial charge in [-0.1, -0.05) is 18.7 Å². The van der Waals surface area contributed by atoms with Gasteiger partial charge in [0, 0.05) is 11.4 Å². The Balaban J connectivity index is 1.72. The molecule has 0 spiro atoms. The molecular formula is C20H24N4O4S2. The standard InChI is InChI=1S/C20H24N4O4S2/c1-5-14-12(4)16(19(26)27-7-3)18(30-14)21-15(25)11-29-20-23-22-17(24(20)6-2)13-9-8-10-28-13/h8-10H,5-7,11H2,1-4H3,(H,21,25). The largest absolute Gasteiger partial charge is 0.462 e. The van der Waals surface area contributed by atoms with E-state index in [1.807, 2.05) is 31.4 Å². The van der Waals surface area contributed by atoms with E-state index in [1.165, 1.54) is 23.1 Å². The summed E-state index contributed by atoms with van der Waals surface area (Å²) in [5.74, 6) is 0.747. The molecule has 0 atom stereocenters. The van der Waals surface area contributed by atoms with Gasteiger partial charge in [-0.15, -0.1) is 21.5 Å². The number of amides is 1. The van der Waals surface area contributed by atoms with Crippen molar-refractivity contribution in [2.45, 2.75) is 45.8 Å². The SMILES string of the molecule is CCOC(=O)c1c(NC(=O)CSc2nnc(-c3ccco3)n2CC)sc(CC)c1C. The maximum atomic E-state index is 12.6. The van der Waals surface area contributed by atoms with Crippen molar-refractivity contribution in [2.75, 3.05) is 17.7 Å². The number of hydrogen-bond donors (Lipinski definition) is 1. The molecule has 10 heteroatoms. The van der Waals surface area contributed by atoms with Gasteiger partial charge in [0.05, 0.1) is 24.2 Å². The minimum Gasteiger partial charge on any atom is -0.462 e. The third-order valence-electron chi connectivity index (χ3n) is 4.41. The van der Waals surface area contributed by atoms with Crippen molar-refractivity contribution in [3.05, 3.63) is 34.4 Å². The van der Waals surface area contributed by atoms with Crippen LogP contribution < -0.4 is 5.32 Å². The lowest BCUT2D eigenvalue weighted by Gasteiger charge is -2.08. The zero-order chi connectivity index (χ0) is 21.7. The quantitative estimate of drug-likeness (QED) is 0.383. The molecule has 0 unspecified atom stereocenters. The molecule has 0 aliphatic carbocycles. The van der Waals surface area contributed by atoms with Gasteiger partial charge in [0.1, 0.15) is 5.00 Å².